The molecule has 0 radical (unpaired) electrons. The largest absolute Gasteiger partial charge is 0.330 e. The monoisotopic (exact) mass is 251 g/mol. The zero-order valence-electron chi connectivity index (χ0n) is 10.4. The minimum Gasteiger partial charge on any atom is -0.330 e. The van der Waals surface area contributed by atoms with Crippen LogP contribution in [0.25, 0.3) is 5.65 Å². The first-order valence-electron chi connectivity index (χ1n) is 5.92. The highest BCUT2D eigenvalue weighted by Gasteiger charge is 2.19. The summed E-state index contributed by atoms with van der Waals surface area (Å²) in [6, 6.07) is 3.81. The highest BCUT2D eigenvalue weighted by atomic mass is 35.5. The SMILES string of the molecule is CC(C)c1nc2ccc(Cl)cn2c1C(C)CN. The van der Waals surface area contributed by atoms with Crippen LogP contribution in [0.3, 0.4) is 0 Å². The second kappa shape index (κ2) is 4.67. The molecule has 0 saturated heterocycles. The molecule has 0 aromatic carbocycles. The molecule has 2 rings (SSSR count). The average Bonchev–Trinajstić information content (AvgIpc) is 2.66. The van der Waals surface area contributed by atoms with Crippen molar-refractivity contribution in [3.63, 3.8) is 0 Å². The van der Waals surface area contributed by atoms with Gasteiger partial charge >= 0.3 is 0 Å². The van der Waals surface area contributed by atoms with Gasteiger partial charge in [0, 0.05) is 18.7 Å². The van der Waals surface area contributed by atoms with Crippen molar-refractivity contribution in [1.82, 2.24) is 9.38 Å². The van der Waals surface area contributed by atoms with E-state index in [1.807, 2.05) is 18.3 Å². The van der Waals surface area contributed by atoms with Gasteiger partial charge in [-0.2, -0.15) is 0 Å². The number of nitrogens with zero attached hydrogens (tertiary/aromatic N) is 2. The third kappa shape index (κ3) is 2.17. The highest BCUT2D eigenvalue weighted by molar-refractivity contribution is 6.30. The molecule has 2 aromatic rings. The lowest BCUT2D eigenvalue weighted by molar-refractivity contribution is 0.702. The van der Waals surface area contributed by atoms with Crippen LogP contribution >= 0.6 is 11.6 Å². The molecule has 0 aliphatic rings. The van der Waals surface area contributed by atoms with Crippen LogP contribution < -0.4 is 5.73 Å². The van der Waals surface area contributed by atoms with Crippen molar-refractivity contribution >= 4 is 17.2 Å². The summed E-state index contributed by atoms with van der Waals surface area (Å²) in [4.78, 5) is 4.67. The predicted octanol–water partition coefficient (Wildman–Crippen LogP) is 3.17. The Balaban J connectivity index is 2.73. The van der Waals surface area contributed by atoms with Crippen LogP contribution in [-0.2, 0) is 0 Å². The van der Waals surface area contributed by atoms with Crippen LogP contribution in [0.5, 0.6) is 0 Å². The zero-order chi connectivity index (χ0) is 12.6. The maximum atomic E-state index is 6.05. The molecule has 0 aliphatic carbocycles. The minimum absolute atomic E-state index is 0.279. The fourth-order valence-corrected chi connectivity index (χ4v) is 2.24. The number of pyridine rings is 1. The Kier molecular flexibility index (Phi) is 3.40. The summed E-state index contributed by atoms with van der Waals surface area (Å²) in [5.41, 5.74) is 9.02. The summed E-state index contributed by atoms with van der Waals surface area (Å²) in [6.45, 7) is 7.03. The molecule has 17 heavy (non-hydrogen) atoms. The topological polar surface area (TPSA) is 43.3 Å². The van der Waals surface area contributed by atoms with E-state index < -0.39 is 0 Å². The maximum absolute atomic E-state index is 6.05. The molecule has 92 valence electrons. The Morgan fingerprint density at radius 1 is 1.35 bits per heavy atom. The maximum Gasteiger partial charge on any atom is 0.137 e. The molecule has 1 atom stereocenters. The van der Waals surface area contributed by atoms with E-state index in [1.165, 1.54) is 5.69 Å². The fourth-order valence-electron chi connectivity index (χ4n) is 2.08. The molecule has 0 aliphatic heterocycles. The molecule has 0 amide bonds. The molecule has 0 saturated carbocycles. The van der Waals surface area contributed by atoms with Crippen molar-refractivity contribution in [3.05, 3.63) is 34.7 Å². The number of aromatic nitrogens is 2. The van der Waals surface area contributed by atoms with Crippen molar-refractivity contribution in [2.75, 3.05) is 6.54 Å². The van der Waals surface area contributed by atoms with Gasteiger partial charge in [-0.15, -0.1) is 0 Å². The van der Waals surface area contributed by atoms with E-state index in [9.17, 15) is 0 Å². The minimum atomic E-state index is 0.279. The van der Waals surface area contributed by atoms with Gasteiger partial charge in [0.25, 0.3) is 0 Å². The van der Waals surface area contributed by atoms with Gasteiger partial charge in [-0.05, 0) is 18.1 Å². The molecule has 2 aromatic heterocycles. The van der Waals surface area contributed by atoms with Gasteiger partial charge in [0.2, 0.25) is 0 Å². The molecule has 0 bridgehead atoms. The lowest BCUT2D eigenvalue weighted by Gasteiger charge is -2.13. The van der Waals surface area contributed by atoms with Crippen molar-refractivity contribution in [1.29, 1.82) is 0 Å². The van der Waals surface area contributed by atoms with Gasteiger partial charge in [0.15, 0.2) is 0 Å². The van der Waals surface area contributed by atoms with Crippen molar-refractivity contribution in [2.45, 2.75) is 32.6 Å². The lowest BCUT2D eigenvalue weighted by atomic mass is 10.00. The molecule has 2 N–H and O–H groups in total. The van der Waals surface area contributed by atoms with E-state index >= 15 is 0 Å². The number of nitrogens with two attached hydrogens (primary N) is 1. The van der Waals surface area contributed by atoms with E-state index in [4.69, 9.17) is 17.3 Å². The first kappa shape index (κ1) is 12.4. The first-order valence-corrected chi connectivity index (χ1v) is 6.29. The van der Waals surface area contributed by atoms with Crippen LogP contribution in [0.4, 0.5) is 0 Å². The number of imidazole rings is 1. The van der Waals surface area contributed by atoms with Crippen LogP contribution in [0, 0.1) is 0 Å². The second-order valence-electron chi connectivity index (χ2n) is 4.75. The molecule has 1 unspecified atom stereocenters. The Labute approximate surface area is 107 Å². The van der Waals surface area contributed by atoms with Crippen LogP contribution in [0.2, 0.25) is 5.02 Å². The van der Waals surface area contributed by atoms with E-state index in [0.29, 0.717) is 12.5 Å². The molecular weight excluding hydrogens is 234 g/mol. The molecule has 2 heterocycles. The third-order valence-electron chi connectivity index (χ3n) is 3.02. The van der Waals surface area contributed by atoms with E-state index in [1.54, 1.807) is 0 Å². The van der Waals surface area contributed by atoms with Gasteiger partial charge in [0.05, 0.1) is 16.4 Å². The fraction of sp³-hybridized carbons (Fsp3) is 0.462. The van der Waals surface area contributed by atoms with Crippen molar-refractivity contribution in [2.24, 2.45) is 5.73 Å². The Morgan fingerprint density at radius 3 is 2.65 bits per heavy atom. The van der Waals surface area contributed by atoms with E-state index in [2.05, 4.69) is 30.2 Å². The molecule has 3 nitrogen and oxygen atoms in total. The Hall–Kier alpha value is -1.06. The molecule has 0 spiro atoms. The van der Waals surface area contributed by atoms with E-state index in [0.717, 1.165) is 16.4 Å². The summed E-state index contributed by atoms with van der Waals surface area (Å²) in [5.74, 6) is 0.665. The second-order valence-corrected chi connectivity index (χ2v) is 5.19. The van der Waals surface area contributed by atoms with Crippen LogP contribution in [-0.4, -0.2) is 15.9 Å². The molecule has 4 heteroatoms. The van der Waals surface area contributed by atoms with Gasteiger partial charge in [-0.3, -0.25) is 0 Å². The Morgan fingerprint density at radius 2 is 2.06 bits per heavy atom. The van der Waals surface area contributed by atoms with E-state index in [-0.39, 0.29) is 5.92 Å². The Bertz CT molecular complexity index is 531. The van der Waals surface area contributed by atoms with Gasteiger partial charge in [-0.25, -0.2) is 4.98 Å². The van der Waals surface area contributed by atoms with Gasteiger partial charge < -0.3 is 10.1 Å². The van der Waals surface area contributed by atoms with Gasteiger partial charge in [0.1, 0.15) is 5.65 Å². The predicted molar refractivity (Wildman–Crippen MR) is 71.8 cm³/mol. The van der Waals surface area contributed by atoms with Crippen molar-refractivity contribution in [3.8, 4) is 0 Å². The highest BCUT2D eigenvalue weighted by Crippen LogP contribution is 2.27. The number of hydrogen-bond donors (Lipinski definition) is 1. The number of fused-ring (bicyclic) bond motifs is 1. The summed E-state index contributed by atoms with van der Waals surface area (Å²) in [5, 5.41) is 0.718. The third-order valence-corrected chi connectivity index (χ3v) is 3.24. The van der Waals surface area contributed by atoms with Crippen molar-refractivity contribution < 1.29 is 0 Å². The molecular formula is C13H18ClN3. The summed E-state index contributed by atoms with van der Waals surface area (Å²) >= 11 is 6.05. The molecule has 0 fully saturated rings. The smallest absolute Gasteiger partial charge is 0.137 e. The first-order chi connectivity index (χ1) is 8.04. The standard InChI is InChI=1S/C13H18ClN3/c1-8(2)12-13(9(3)6-15)17-7-10(14)4-5-11(17)16-12/h4-5,7-9H,6,15H2,1-3H3. The summed E-state index contributed by atoms with van der Waals surface area (Å²) in [7, 11) is 0. The van der Waals surface area contributed by atoms with Gasteiger partial charge in [-0.1, -0.05) is 32.4 Å². The summed E-state index contributed by atoms with van der Waals surface area (Å²) in [6.07, 6.45) is 1.91. The lowest BCUT2D eigenvalue weighted by Crippen LogP contribution is -2.13. The van der Waals surface area contributed by atoms with Crippen LogP contribution in [0.15, 0.2) is 18.3 Å². The zero-order valence-corrected chi connectivity index (χ0v) is 11.2. The van der Waals surface area contributed by atoms with Crippen LogP contribution in [0.1, 0.15) is 44.0 Å². The number of rotatable bonds is 3. The average molecular weight is 252 g/mol. The quantitative estimate of drug-likeness (QED) is 0.911. The number of hydrogen-bond acceptors (Lipinski definition) is 2. The number of halogens is 1. The normalized spacial score (nSPS) is 13.5. The summed E-state index contributed by atoms with van der Waals surface area (Å²) < 4.78 is 2.06.